The van der Waals surface area contributed by atoms with Crippen molar-refractivity contribution in [1.29, 1.82) is 0 Å². The minimum Gasteiger partial charge on any atom is -0.454 e. The summed E-state index contributed by atoms with van der Waals surface area (Å²) in [6, 6.07) is 11.3. The number of aliphatic hydroxyl groups excluding tert-OH is 1. The number of nitrogens with zero attached hydrogens (tertiary/aromatic N) is 3. The Morgan fingerprint density at radius 2 is 1.79 bits per heavy atom. The maximum absolute atomic E-state index is 15.2. The highest BCUT2D eigenvalue weighted by Gasteiger charge is 2.57. The number of benzene rings is 2. The van der Waals surface area contributed by atoms with Crippen molar-refractivity contribution >= 4 is 35.0 Å². The molecule has 2 heterocycles. The van der Waals surface area contributed by atoms with Gasteiger partial charge in [0.15, 0.2) is 11.6 Å². The largest absolute Gasteiger partial charge is 0.454 e. The number of aliphatic hydroxyl groups is 1. The minimum absolute atomic E-state index is 0.0967. The number of amides is 4. The predicted octanol–water partition coefficient (Wildman–Crippen LogP) is 3.68. The fraction of sp³-hybridized carbons (Fsp3) is 0.259. The van der Waals surface area contributed by atoms with Crippen LogP contribution in [0.3, 0.4) is 0 Å². The first kappa shape index (κ1) is 26.0. The number of hydrogen-bond donors (Lipinski definition) is 3. The molecule has 2 fully saturated rings. The summed E-state index contributed by atoms with van der Waals surface area (Å²) < 4.78 is 34.4. The molecule has 1 saturated heterocycles. The molecule has 0 spiro atoms. The van der Waals surface area contributed by atoms with Gasteiger partial charge in [-0.05, 0) is 61.7 Å². The number of rotatable bonds is 7. The van der Waals surface area contributed by atoms with Crippen LogP contribution < -0.4 is 20.7 Å². The van der Waals surface area contributed by atoms with Gasteiger partial charge >= 0.3 is 6.03 Å². The maximum Gasteiger partial charge on any atom is 0.323 e. The van der Waals surface area contributed by atoms with Gasteiger partial charge in [0.2, 0.25) is 11.8 Å². The molecule has 0 bridgehead atoms. The lowest BCUT2D eigenvalue weighted by Gasteiger charge is -2.26. The number of anilines is 3. The summed E-state index contributed by atoms with van der Waals surface area (Å²) in [5, 5.41) is 12.2. The van der Waals surface area contributed by atoms with E-state index in [2.05, 4.69) is 10.3 Å². The first-order valence-corrected chi connectivity index (χ1v) is 12.2. The highest BCUT2D eigenvalue weighted by atomic mass is 19.1. The molecule has 5 rings (SSSR count). The second-order valence-electron chi connectivity index (χ2n) is 9.48. The van der Waals surface area contributed by atoms with Gasteiger partial charge < -0.3 is 20.5 Å². The maximum atomic E-state index is 15.2. The topological polar surface area (TPSA) is 138 Å². The van der Waals surface area contributed by atoms with Crippen LogP contribution in [0.15, 0.2) is 60.8 Å². The number of halogens is 2. The number of primary amides is 1. The molecular weight excluding hydrogens is 512 g/mol. The molecule has 3 aromatic rings. The number of likely N-dealkylation sites (tertiary alicyclic amines) is 1. The number of pyridine rings is 1. The van der Waals surface area contributed by atoms with Crippen LogP contribution in [0.5, 0.6) is 11.5 Å². The van der Waals surface area contributed by atoms with Crippen LogP contribution in [-0.2, 0) is 9.59 Å². The summed E-state index contributed by atoms with van der Waals surface area (Å²) >= 11 is 0. The standard InChI is InChI=1S/C27H25F2N5O5/c28-16-1-3-17(4-2-16)34(25(37)27(9-10-27)24(30)36)18-5-6-22(21(29)13-18)39-20-7-11-31-23(14-20)32-26(38)33-12-8-19(35)15-33/h1-7,11,13-14,19,35H,8-10,12,15H2,(H2,30,36)(H,31,32,38). The van der Waals surface area contributed by atoms with Crippen LogP contribution in [0, 0.1) is 17.0 Å². The molecule has 1 aliphatic carbocycles. The van der Waals surface area contributed by atoms with Crippen molar-refractivity contribution in [1.82, 2.24) is 9.88 Å². The third-order valence-electron chi connectivity index (χ3n) is 6.74. The predicted molar refractivity (Wildman–Crippen MR) is 136 cm³/mol. The Morgan fingerprint density at radius 3 is 2.41 bits per heavy atom. The minimum atomic E-state index is -1.40. The lowest BCUT2D eigenvalue weighted by atomic mass is 10.0. The Kier molecular flexibility index (Phi) is 6.87. The third kappa shape index (κ3) is 5.36. The van der Waals surface area contributed by atoms with Crippen molar-refractivity contribution in [3.05, 3.63) is 72.4 Å². The number of hydrogen-bond acceptors (Lipinski definition) is 6. The van der Waals surface area contributed by atoms with Crippen molar-refractivity contribution in [2.75, 3.05) is 23.3 Å². The van der Waals surface area contributed by atoms with Crippen LogP contribution in [0.25, 0.3) is 0 Å². The fourth-order valence-corrected chi connectivity index (χ4v) is 4.37. The molecule has 2 aliphatic rings. The third-order valence-corrected chi connectivity index (χ3v) is 6.74. The number of β-amino-alcohol motifs (C(OH)–C–C–N with tert-alkyl or cyclic N) is 1. The SMILES string of the molecule is NC(=O)C1(C(=O)N(c2ccc(F)cc2)c2ccc(Oc3ccnc(NC(=O)N4CCC(O)C4)c3)c(F)c2)CC1. The number of carbonyl (C=O) groups is 3. The van der Waals surface area contributed by atoms with E-state index >= 15 is 4.39 Å². The normalized spacial score (nSPS) is 17.4. The summed E-state index contributed by atoms with van der Waals surface area (Å²) in [6.07, 6.45) is 1.84. The Labute approximate surface area is 222 Å². The van der Waals surface area contributed by atoms with Gasteiger partial charge in [0.25, 0.3) is 0 Å². The highest BCUT2D eigenvalue weighted by Crippen LogP contribution is 2.49. The van der Waals surface area contributed by atoms with Gasteiger partial charge in [-0.25, -0.2) is 18.6 Å². The summed E-state index contributed by atoms with van der Waals surface area (Å²) in [5.41, 5.74) is 4.43. The molecule has 4 N–H and O–H groups in total. The zero-order chi connectivity index (χ0) is 27.7. The molecule has 1 aliphatic heterocycles. The monoisotopic (exact) mass is 537 g/mol. The van der Waals surface area contributed by atoms with Crippen molar-refractivity contribution in [2.24, 2.45) is 11.1 Å². The first-order valence-electron chi connectivity index (χ1n) is 12.2. The number of urea groups is 1. The molecule has 0 radical (unpaired) electrons. The van der Waals surface area contributed by atoms with E-state index in [-0.39, 0.29) is 48.1 Å². The summed E-state index contributed by atoms with van der Waals surface area (Å²) in [5.74, 6) is -2.56. The van der Waals surface area contributed by atoms with E-state index in [4.69, 9.17) is 10.5 Å². The van der Waals surface area contributed by atoms with E-state index in [1.165, 1.54) is 47.5 Å². The number of nitrogens with one attached hydrogen (secondary N) is 1. The van der Waals surface area contributed by atoms with Gasteiger partial charge in [-0.15, -0.1) is 0 Å². The smallest absolute Gasteiger partial charge is 0.323 e. The molecule has 1 unspecified atom stereocenters. The second kappa shape index (κ2) is 10.3. The van der Waals surface area contributed by atoms with Crippen LogP contribution >= 0.6 is 0 Å². The first-order chi connectivity index (χ1) is 18.7. The van der Waals surface area contributed by atoms with Crippen molar-refractivity contribution < 1.29 is 33.0 Å². The van der Waals surface area contributed by atoms with Crippen LogP contribution in [-0.4, -0.2) is 52.0 Å². The van der Waals surface area contributed by atoms with E-state index < -0.39 is 41.0 Å². The lowest BCUT2D eigenvalue weighted by Crippen LogP contribution is -2.41. The Morgan fingerprint density at radius 1 is 1.08 bits per heavy atom. The van der Waals surface area contributed by atoms with E-state index in [9.17, 15) is 23.9 Å². The van der Waals surface area contributed by atoms with E-state index in [0.717, 1.165) is 23.1 Å². The number of ether oxygens (including phenoxy) is 1. The van der Waals surface area contributed by atoms with Crippen molar-refractivity contribution in [3.8, 4) is 11.5 Å². The molecular formula is C27H25F2N5O5. The van der Waals surface area contributed by atoms with E-state index in [0.29, 0.717) is 13.0 Å². The zero-order valence-corrected chi connectivity index (χ0v) is 20.6. The molecule has 1 saturated carbocycles. The van der Waals surface area contributed by atoms with E-state index in [1.54, 1.807) is 0 Å². The lowest BCUT2D eigenvalue weighted by molar-refractivity contribution is -0.133. The van der Waals surface area contributed by atoms with Gasteiger partial charge in [-0.2, -0.15) is 0 Å². The molecule has 1 aromatic heterocycles. The number of nitrogens with two attached hydrogens (primary N) is 1. The Balaban J connectivity index is 1.37. The molecule has 2 aromatic carbocycles. The molecule has 39 heavy (non-hydrogen) atoms. The van der Waals surface area contributed by atoms with Crippen LogP contribution in [0.1, 0.15) is 19.3 Å². The Hall–Kier alpha value is -4.58. The molecule has 1 atom stereocenters. The quantitative estimate of drug-likeness (QED) is 0.393. The van der Waals surface area contributed by atoms with Gasteiger partial charge in [0.05, 0.1) is 11.8 Å². The van der Waals surface area contributed by atoms with Gasteiger partial charge in [0.1, 0.15) is 22.8 Å². The molecule has 10 nitrogen and oxygen atoms in total. The molecule has 202 valence electrons. The average molecular weight is 538 g/mol. The summed E-state index contributed by atoms with van der Waals surface area (Å²) in [6.45, 7) is 0.635. The highest BCUT2D eigenvalue weighted by molar-refractivity contribution is 6.16. The van der Waals surface area contributed by atoms with Crippen molar-refractivity contribution in [2.45, 2.75) is 25.4 Å². The fourth-order valence-electron chi connectivity index (χ4n) is 4.37. The number of aromatic nitrogens is 1. The summed E-state index contributed by atoms with van der Waals surface area (Å²) in [4.78, 5) is 44.5. The van der Waals surface area contributed by atoms with Gasteiger partial charge in [0, 0.05) is 37.1 Å². The zero-order valence-electron chi connectivity index (χ0n) is 20.6. The van der Waals surface area contributed by atoms with Crippen LogP contribution in [0.4, 0.5) is 30.8 Å². The average Bonchev–Trinajstić information content (AvgIpc) is 3.62. The Bertz CT molecular complexity index is 1430. The molecule has 12 heteroatoms. The van der Waals surface area contributed by atoms with Gasteiger partial charge in [-0.1, -0.05) is 0 Å². The van der Waals surface area contributed by atoms with Gasteiger partial charge in [-0.3, -0.25) is 19.8 Å². The summed E-state index contributed by atoms with van der Waals surface area (Å²) in [7, 11) is 0. The second-order valence-corrected chi connectivity index (χ2v) is 9.48. The van der Waals surface area contributed by atoms with E-state index in [1.807, 2.05) is 0 Å². The van der Waals surface area contributed by atoms with Crippen molar-refractivity contribution in [3.63, 3.8) is 0 Å². The van der Waals surface area contributed by atoms with Crippen LogP contribution in [0.2, 0.25) is 0 Å². The molecule has 4 amide bonds. The number of carbonyl (C=O) groups excluding carboxylic acids is 3.